The lowest BCUT2D eigenvalue weighted by Crippen LogP contribution is -2.28. The molecule has 1 aromatic heterocycles. The number of nitrogens with zero attached hydrogens (tertiary/aromatic N) is 1. The van der Waals surface area contributed by atoms with Crippen molar-refractivity contribution in [2.75, 3.05) is 6.54 Å². The van der Waals surface area contributed by atoms with E-state index in [1.807, 2.05) is 29.6 Å². The normalized spacial score (nSPS) is 12.0. The molecule has 0 aliphatic rings. The van der Waals surface area contributed by atoms with Crippen LogP contribution in [0.2, 0.25) is 0 Å². The molecule has 0 bridgehead atoms. The smallest absolute Gasteiger partial charge is 0.282 e. The molecule has 3 aromatic rings. The number of rotatable bonds is 5. The van der Waals surface area contributed by atoms with Crippen LogP contribution >= 0.6 is 11.3 Å². The van der Waals surface area contributed by atoms with Gasteiger partial charge < -0.3 is 10.4 Å². The molecule has 0 radical (unpaired) electrons. The van der Waals surface area contributed by atoms with Crippen LogP contribution in [0.4, 0.5) is 5.69 Å². The number of nitro benzene ring substituents is 1. The summed E-state index contributed by atoms with van der Waals surface area (Å²) in [6.07, 6.45) is -0.882. The molecule has 7 heteroatoms. The van der Waals surface area contributed by atoms with Crippen molar-refractivity contribution in [3.63, 3.8) is 0 Å². The van der Waals surface area contributed by atoms with Crippen LogP contribution in [0.15, 0.2) is 53.9 Å². The fraction of sp³-hybridized carbons (Fsp3) is 0.118. The Morgan fingerprint density at radius 2 is 1.92 bits per heavy atom. The van der Waals surface area contributed by atoms with Gasteiger partial charge in [-0.05, 0) is 22.9 Å². The lowest BCUT2D eigenvalue weighted by atomic mass is 10.1. The van der Waals surface area contributed by atoms with Crippen molar-refractivity contribution >= 4 is 33.0 Å². The molecule has 6 nitrogen and oxygen atoms in total. The molecule has 0 fully saturated rings. The summed E-state index contributed by atoms with van der Waals surface area (Å²) < 4.78 is 1.05. The molecule has 0 saturated heterocycles. The monoisotopic (exact) mass is 342 g/mol. The predicted octanol–water partition coefficient (Wildman–Crippen LogP) is 3.27. The van der Waals surface area contributed by atoms with Crippen molar-refractivity contribution in [3.05, 3.63) is 75.2 Å². The van der Waals surface area contributed by atoms with Gasteiger partial charge in [0.25, 0.3) is 11.6 Å². The highest BCUT2D eigenvalue weighted by atomic mass is 32.1. The third kappa shape index (κ3) is 3.12. The van der Waals surface area contributed by atoms with E-state index in [2.05, 4.69) is 5.32 Å². The van der Waals surface area contributed by atoms with E-state index in [4.69, 9.17) is 0 Å². The fourth-order valence-electron chi connectivity index (χ4n) is 2.48. The summed E-state index contributed by atoms with van der Waals surface area (Å²) in [7, 11) is 0. The van der Waals surface area contributed by atoms with Crippen LogP contribution < -0.4 is 5.32 Å². The third-order valence-electron chi connectivity index (χ3n) is 3.67. The van der Waals surface area contributed by atoms with E-state index in [1.54, 1.807) is 6.07 Å². The first-order chi connectivity index (χ1) is 11.6. The van der Waals surface area contributed by atoms with Gasteiger partial charge >= 0.3 is 0 Å². The Balaban J connectivity index is 1.74. The first-order valence-electron chi connectivity index (χ1n) is 7.23. The highest BCUT2D eigenvalue weighted by Gasteiger charge is 2.20. The van der Waals surface area contributed by atoms with Crippen LogP contribution in [0.1, 0.15) is 22.0 Å². The maximum atomic E-state index is 12.2. The van der Waals surface area contributed by atoms with Gasteiger partial charge in [-0.15, -0.1) is 11.3 Å². The molecule has 1 amide bonds. The van der Waals surface area contributed by atoms with Crippen LogP contribution in [0.25, 0.3) is 10.1 Å². The Bertz CT molecular complexity index is 906. The highest BCUT2D eigenvalue weighted by Crippen LogP contribution is 2.30. The topological polar surface area (TPSA) is 92.5 Å². The second-order valence-electron chi connectivity index (χ2n) is 5.19. The summed E-state index contributed by atoms with van der Waals surface area (Å²) in [4.78, 5) is 22.6. The number of thiophene rings is 1. The summed E-state index contributed by atoms with van der Waals surface area (Å²) in [6, 6.07) is 13.4. The minimum absolute atomic E-state index is 0.0222. The first-order valence-corrected chi connectivity index (χ1v) is 8.11. The maximum Gasteiger partial charge on any atom is 0.282 e. The van der Waals surface area contributed by atoms with Crippen LogP contribution in [-0.2, 0) is 0 Å². The average molecular weight is 342 g/mol. The quantitative estimate of drug-likeness (QED) is 0.550. The summed E-state index contributed by atoms with van der Waals surface area (Å²) in [6.45, 7) is -0.0222. The van der Waals surface area contributed by atoms with Crippen LogP contribution in [0.5, 0.6) is 0 Å². The third-order valence-corrected chi connectivity index (χ3v) is 4.65. The molecular weight excluding hydrogens is 328 g/mol. The predicted molar refractivity (Wildman–Crippen MR) is 92.2 cm³/mol. The number of aliphatic hydroxyl groups is 1. The summed E-state index contributed by atoms with van der Waals surface area (Å²) >= 11 is 1.52. The Morgan fingerprint density at radius 1 is 1.21 bits per heavy atom. The Kier molecular flexibility index (Phi) is 4.54. The van der Waals surface area contributed by atoms with Gasteiger partial charge in [-0.25, -0.2) is 0 Å². The zero-order valence-electron chi connectivity index (χ0n) is 12.5. The zero-order valence-corrected chi connectivity index (χ0v) is 13.3. The van der Waals surface area contributed by atoms with Crippen molar-refractivity contribution in [1.29, 1.82) is 0 Å². The Morgan fingerprint density at radius 3 is 2.71 bits per heavy atom. The fourth-order valence-corrected chi connectivity index (χ4v) is 3.48. The molecule has 1 heterocycles. The summed E-state index contributed by atoms with van der Waals surface area (Å²) in [5.41, 5.74) is 0.453. The van der Waals surface area contributed by atoms with Gasteiger partial charge in [0.15, 0.2) is 0 Å². The molecule has 1 unspecified atom stereocenters. The second-order valence-corrected chi connectivity index (χ2v) is 6.10. The van der Waals surface area contributed by atoms with E-state index < -0.39 is 16.9 Å². The average Bonchev–Trinajstić information content (AvgIpc) is 3.03. The number of fused-ring (bicyclic) bond motifs is 1. The Labute approximate surface area is 141 Å². The molecule has 24 heavy (non-hydrogen) atoms. The van der Waals surface area contributed by atoms with Crippen molar-refractivity contribution in [1.82, 2.24) is 5.32 Å². The van der Waals surface area contributed by atoms with Crippen molar-refractivity contribution in [2.24, 2.45) is 0 Å². The number of aliphatic hydroxyl groups excluding tert-OH is 1. The molecule has 1 atom stereocenters. The van der Waals surface area contributed by atoms with E-state index >= 15 is 0 Å². The SMILES string of the molecule is O=C(NCC(O)c1csc2ccccc12)c1ccccc1[N+](=O)[O-]. The molecule has 0 spiro atoms. The Hall–Kier alpha value is -2.77. The first kappa shape index (κ1) is 16.1. The lowest BCUT2D eigenvalue weighted by Gasteiger charge is -2.11. The van der Waals surface area contributed by atoms with Crippen molar-refractivity contribution in [3.8, 4) is 0 Å². The number of amides is 1. The molecule has 0 aliphatic carbocycles. The number of nitrogens with one attached hydrogen (secondary N) is 1. The van der Waals surface area contributed by atoms with Gasteiger partial charge in [-0.2, -0.15) is 0 Å². The zero-order chi connectivity index (χ0) is 17.1. The summed E-state index contributed by atoms with van der Waals surface area (Å²) in [5, 5.41) is 26.7. The van der Waals surface area contributed by atoms with Gasteiger partial charge in [-0.3, -0.25) is 14.9 Å². The van der Waals surface area contributed by atoms with Crippen molar-refractivity contribution < 1.29 is 14.8 Å². The summed E-state index contributed by atoms with van der Waals surface area (Å²) in [5.74, 6) is -0.583. The van der Waals surface area contributed by atoms with Gasteiger partial charge in [0.1, 0.15) is 5.56 Å². The van der Waals surface area contributed by atoms with E-state index in [9.17, 15) is 20.0 Å². The number of hydrogen-bond donors (Lipinski definition) is 2. The number of hydrogen-bond acceptors (Lipinski definition) is 5. The van der Waals surface area contributed by atoms with E-state index in [0.717, 1.165) is 15.6 Å². The number of nitro groups is 1. The molecule has 3 rings (SSSR count). The van der Waals surface area contributed by atoms with Gasteiger partial charge in [0.05, 0.1) is 11.0 Å². The number of carbonyl (C=O) groups excluding carboxylic acids is 1. The standard InChI is InChI=1S/C17H14N2O4S/c20-15(13-10-24-16-8-4-2-5-11(13)16)9-18-17(21)12-6-1-3-7-14(12)19(22)23/h1-8,10,15,20H,9H2,(H,18,21). The number of para-hydroxylation sites is 1. The minimum atomic E-state index is -0.882. The van der Waals surface area contributed by atoms with E-state index in [1.165, 1.54) is 29.5 Å². The second kappa shape index (κ2) is 6.77. The molecule has 2 N–H and O–H groups in total. The lowest BCUT2D eigenvalue weighted by molar-refractivity contribution is -0.385. The number of carbonyl (C=O) groups is 1. The van der Waals surface area contributed by atoms with Crippen molar-refractivity contribution in [2.45, 2.75) is 6.10 Å². The maximum absolute atomic E-state index is 12.2. The van der Waals surface area contributed by atoms with E-state index in [-0.39, 0.29) is 17.8 Å². The van der Waals surface area contributed by atoms with E-state index in [0.29, 0.717) is 0 Å². The van der Waals surface area contributed by atoms with Gasteiger partial charge in [0, 0.05) is 22.9 Å². The highest BCUT2D eigenvalue weighted by molar-refractivity contribution is 7.17. The minimum Gasteiger partial charge on any atom is -0.387 e. The van der Waals surface area contributed by atoms with Crippen LogP contribution in [0.3, 0.4) is 0 Å². The van der Waals surface area contributed by atoms with Gasteiger partial charge in [0.2, 0.25) is 0 Å². The molecule has 122 valence electrons. The van der Waals surface area contributed by atoms with Crippen LogP contribution in [0, 0.1) is 10.1 Å². The molecular formula is C17H14N2O4S. The van der Waals surface area contributed by atoms with Crippen LogP contribution in [-0.4, -0.2) is 22.5 Å². The molecule has 0 aliphatic heterocycles. The molecule has 2 aromatic carbocycles. The number of benzene rings is 2. The largest absolute Gasteiger partial charge is 0.387 e. The van der Waals surface area contributed by atoms with Gasteiger partial charge in [-0.1, -0.05) is 30.3 Å². The molecule has 0 saturated carbocycles.